The van der Waals surface area contributed by atoms with Gasteiger partial charge in [-0.3, -0.25) is 0 Å². The van der Waals surface area contributed by atoms with Crippen molar-refractivity contribution in [3.8, 4) is 0 Å². The highest BCUT2D eigenvalue weighted by atomic mass is 32.1. The number of carbonyl (C=O) groups excluding carboxylic acids is 1. The van der Waals surface area contributed by atoms with Crippen LogP contribution in [0.2, 0.25) is 0 Å². The Morgan fingerprint density at radius 2 is 2.30 bits per heavy atom. The van der Waals surface area contributed by atoms with Crippen molar-refractivity contribution in [2.75, 3.05) is 6.54 Å². The van der Waals surface area contributed by atoms with Gasteiger partial charge in [-0.25, -0.2) is 9.78 Å². The van der Waals surface area contributed by atoms with E-state index in [2.05, 4.69) is 22.6 Å². The van der Waals surface area contributed by atoms with Crippen molar-refractivity contribution in [3.63, 3.8) is 0 Å². The third-order valence-electron chi connectivity index (χ3n) is 4.32. The van der Waals surface area contributed by atoms with Crippen LogP contribution >= 0.6 is 12.6 Å². The molecule has 7 heteroatoms. The van der Waals surface area contributed by atoms with Crippen LogP contribution in [0.1, 0.15) is 37.6 Å². The number of nitrogens with one attached hydrogen (secondary N) is 1. The number of hydrogen-bond acceptors (Lipinski definition) is 4. The van der Waals surface area contributed by atoms with E-state index < -0.39 is 16.5 Å². The molecule has 110 valence electrons. The molecule has 4 atom stereocenters. The molecule has 3 unspecified atom stereocenters. The van der Waals surface area contributed by atoms with Gasteiger partial charge in [-0.2, -0.15) is 21.9 Å². The molecule has 2 amide bonds. The molecule has 0 aliphatic carbocycles. The molecule has 2 rings (SSSR count). The number of aromatic amines is 1. The molecule has 0 saturated carbocycles. The number of likely N-dealkylation sites (tertiary alicyclic amines) is 1. The third kappa shape index (κ3) is 2.25. The summed E-state index contributed by atoms with van der Waals surface area (Å²) in [6.45, 7) is 3.92. The van der Waals surface area contributed by atoms with Crippen molar-refractivity contribution in [3.05, 3.63) is 18.2 Å². The number of rotatable bonds is 3. The molecule has 0 radical (unpaired) electrons. The van der Waals surface area contributed by atoms with Gasteiger partial charge in [-0.1, -0.05) is 0 Å². The van der Waals surface area contributed by atoms with Gasteiger partial charge in [0.15, 0.2) is 0 Å². The Labute approximate surface area is 123 Å². The Balaban J connectivity index is 2.27. The highest BCUT2D eigenvalue weighted by Gasteiger charge is 2.55. The highest BCUT2D eigenvalue weighted by molar-refractivity contribution is 7.80. The Morgan fingerprint density at radius 1 is 1.60 bits per heavy atom. The molecule has 1 aliphatic heterocycles. The van der Waals surface area contributed by atoms with Crippen LogP contribution in [0.25, 0.3) is 0 Å². The van der Waals surface area contributed by atoms with Crippen LogP contribution in [0.15, 0.2) is 12.5 Å². The first-order chi connectivity index (χ1) is 9.41. The molecular weight excluding hydrogens is 278 g/mol. The van der Waals surface area contributed by atoms with Crippen LogP contribution in [0, 0.1) is 5.92 Å². The van der Waals surface area contributed by atoms with E-state index in [0.717, 1.165) is 18.5 Å². The summed E-state index contributed by atoms with van der Waals surface area (Å²) < 4.78 is -0.480. The number of thiol groups is 1. The maximum atomic E-state index is 12.8. The summed E-state index contributed by atoms with van der Waals surface area (Å²) in [6, 6.07) is -0.190. The number of aromatic nitrogens is 2. The lowest BCUT2D eigenvalue weighted by Gasteiger charge is -2.33. The van der Waals surface area contributed by atoms with Gasteiger partial charge in [-0.05, 0) is 13.8 Å². The number of hydrogen-bond donors (Lipinski definition) is 3. The lowest BCUT2D eigenvalue weighted by Crippen LogP contribution is -2.60. The Morgan fingerprint density at radius 3 is 2.75 bits per heavy atom. The molecular formula is C13H20N3O3S+. The second-order valence-corrected chi connectivity index (χ2v) is 6.00. The first-order valence-corrected chi connectivity index (χ1v) is 7.25. The second kappa shape index (κ2) is 5.57. The van der Waals surface area contributed by atoms with Crippen LogP contribution in [0.4, 0.5) is 4.79 Å². The van der Waals surface area contributed by atoms with E-state index in [9.17, 15) is 14.7 Å². The average molecular weight is 298 g/mol. The zero-order valence-electron chi connectivity index (χ0n) is 11.6. The molecule has 1 aliphatic rings. The Hall–Kier alpha value is -1.34. The van der Waals surface area contributed by atoms with E-state index >= 15 is 0 Å². The van der Waals surface area contributed by atoms with Crippen molar-refractivity contribution in [2.45, 2.75) is 38.0 Å². The van der Waals surface area contributed by atoms with Gasteiger partial charge in [-0.15, -0.1) is 0 Å². The predicted molar refractivity (Wildman–Crippen MR) is 76.3 cm³/mol. The van der Waals surface area contributed by atoms with Gasteiger partial charge in [0.25, 0.3) is 0 Å². The fourth-order valence-corrected chi connectivity index (χ4v) is 3.25. The van der Waals surface area contributed by atoms with E-state index in [-0.39, 0.29) is 17.2 Å². The lowest BCUT2D eigenvalue weighted by atomic mass is 10.0. The lowest BCUT2D eigenvalue weighted by molar-refractivity contribution is -0.794. The topological polar surface area (TPSA) is 83.1 Å². The van der Waals surface area contributed by atoms with Crippen LogP contribution < -0.4 is 0 Å². The van der Waals surface area contributed by atoms with Crippen LogP contribution in [0.3, 0.4) is 0 Å². The van der Waals surface area contributed by atoms with Crippen LogP contribution in [0.5, 0.6) is 0 Å². The second-order valence-electron chi connectivity index (χ2n) is 5.44. The molecule has 6 nitrogen and oxygen atoms in total. The standard InChI is InChI=1S/C13H19N3O3S/c1-8-4-3-5-16(8,13(18)19)12(17)9(2)11(20)10-6-14-7-15-10/h6-9,11H,3-5H2,1-2H3,(H2-,14,15,18,19,20)/p+1/t8-,9?,11?,16?/m1/s1. The quantitative estimate of drug-likeness (QED) is 0.590. The number of quaternary nitrogens is 1. The smallest absolute Gasteiger partial charge is 0.435 e. The van der Waals surface area contributed by atoms with Gasteiger partial charge >= 0.3 is 12.0 Å². The van der Waals surface area contributed by atoms with Gasteiger partial charge in [0.2, 0.25) is 0 Å². The average Bonchev–Trinajstić information content (AvgIpc) is 3.05. The maximum absolute atomic E-state index is 12.8. The summed E-state index contributed by atoms with van der Waals surface area (Å²) in [4.78, 5) is 31.3. The summed E-state index contributed by atoms with van der Waals surface area (Å²) in [5.41, 5.74) is 0.726. The number of carbonyl (C=O) groups is 2. The van der Waals surface area contributed by atoms with E-state index in [1.807, 2.05) is 6.92 Å². The summed E-state index contributed by atoms with van der Waals surface area (Å²) in [5, 5.41) is 9.19. The molecule has 0 bridgehead atoms. The van der Waals surface area contributed by atoms with Crippen LogP contribution in [-0.2, 0) is 4.79 Å². The first kappa shape index (κ1) is 15.1. The van der Waals surface area contributed by atoms with Gasteiger partial charge < -0.3 is 10.1 Å². The zero-order chi connectivity index (χ0) is 14.9. The molecule has 1 saturated heterocycles. The number of imidazole rings is 1. The third-order valence-corrected chi connectivity index (χ3v) is 5.05. The summed E-state index contributed by atoms with van der Waals surface area (Å²) in [7, 11) is 0. The highest BCUT2D eigenvalue weighted by Crippen LogP contribution is 2.35. The van der Waals surface area contributed by atoms with Gasteiger partial charge in [0, 0.05) is 24.7 Å². The van der Waals surface area contributed by atoms with Crippen molar-refractivity contribution in [2.24, 2.45) is 5.92 Å². The predicted octanol–water partition coefficient (Wildman–Crippen LogP) is 2.22. The summed E-state index contributed by atoms with van der Waals surface area (Å²) >= 11 is 4.45. The number of carboxylic acid groups (broad SMARTS) is 1. The first-order valence-electron chi connectivity index (χ1n) is 6.73. The number of imide groups is 1. The zero-order valence-corrected chi connectivity index (χ0v) is 12.5. The number of amides is 2. The maximum Gasteiger partial charge on any atom is 0.521 e. The molecule has 1 aromatic rings. The van der Waals surface area contributed by atoms with Crippen LogP contribution in [-0.4, -0.2) is 44.1 Å². The minimum absolute atomic E-state index is 0.190. The fourth-order valence-electron chi connectivity index (χ4n) is 2.98. The largest absolute Gasteiger partial charge is 0.521 e. The molecule has 1 aromatic heterocycles. The van der Waals surface area contributed by atoms with Gasteiger partial charge in [0.1, 0.15) is 6.04 Å². The Kier molecular flexibility index (Phi) is 4.19. The summed E-state index contributed by atoms with van der Waals surface area (Å²) in [6.07, 6.45) is 3.59. The molecule has 1 fully saturated rings. The van der Waals surface area contributed by atoms with E-state index in [0.29, 0.717) is 6.54 Å². The SMILES string of the molecule is CC(C(=O)[N+]1(C(=O)O)CCC[C@H]1C)C(S)c1cnc[nH]1. The summed E-state index contributed by atoms with van der Waals surface area (Å²) in [5.74, 6) is -0.785. The van der Waals surface area contributed by atoms with E-state index in [1.165, 1.54) is 6.33 Å². The minimum Gasteiger partial charge on any atom is -0.435 e. The molecule has 2 N–H and O–H groups in total. The molecule has 20 heavy (non-hydrogen) atoms. The van der Waals surface area contributed by atoms with Crippen molar-refractivity contribution < 1.29 is 19.2 Å². The fraction of sp³-hybridized carbons (Fsp3) is 0.615. The molecule has 0 spiro atoms. The minimum atomic E-state index is -1.06. The molecule has 0 aromatic carbocycles. The van der Waals surface area contributed by atoms with Crippen molar-refractivity contribution in [1.82, 2.24) is 9.97 Å². The van der Waals surface area contributed by atoms with E-state index in [1.54, 1.807) is 13.1 Å². The normalized spacial score (nSPS) is 29.1. The van der Waals surface area contributed by atoms with Crippen molar-refractivity contribution >= 4 is 24.6 Å². The van der Waals surface area contributed by atoms with Crippen molar-refractivity contribution in [1.29, 1.82) is 0 Å². The van der Waals surface area contributed by atoms with E-state index in [4.69, 9.17) is 0 Å². The Bertz CT molecular complexity index is 505. The van der Waals surface area contributed by atoms with Gasteiger partial charge in [0.05, 0.1) is 24.0 Å². The number of nitrogens with zero attached hydrogens (tertiary/aromatic N) is 2. The molecule has 2 heterocycles. The monoisotopic (exact) mass is 298 g/mol. The number of H-pyrrole nitrogens is 1.